The van der Waals surface area contributed by atoms with Crippen molar-refractivity contribution in [2.45, 2.75) is 18.3 Å². The Morgan fingerprint density at radius 2 is 1.73 bits per heavy atom. The van der Waals surface area contributed by atoms with Crippen molar-refractivity contribution in [3.05, 3.63) is 0 Å². The lowest BCUT2D eigenvalue weighted by Gasteiger charge is -2.16. The van der Waals surface area contributed by atoms with E-state index >= 15 is 0 Å². The van der Waals surface area contributed by atoms with Crippen molar-refractivity contribution in [2.75, 3.05) is 6.61 Å². The van der Waals surface area contributed by atoms with Crippen LogP contribution in [0.1, 0.15) is 0 Å². The van der Waals surface area contributed by atoms with Crippen LogP contribution in [0.25, 0.3) is 0 Å². The molecule has 11 heavy (non-hydrogen) atoms. The molecule has 0 fully saturated rings. The number of hydrogen-bond acceptors (Lipinski definition) is 5. The van der Waals surface area contributed by atoms with Gasteiger partial charge in [0.05, 0.1) is 6.61 Å². The summed E-state index contributed by atoms with van der Waals surface area (Å²) in [7, 11) is 0. The van der Waals surface area contributed by atoms with Gasteiger partial charge in [0.25, 0.3) is 0 Å². The SMILES string of the molecule is Cl.O=C[C@@H](O)[C@H](O)[C@H](O)CO. The van der Waals surface area contributed by atoms with Crippen LogP contribution in [0, 0.1) is 0 Å². The maximum atomic E-state index is 9.76. The Hall–Kier alpha value is -0.200. The van der Waals surface area contributed by atoms with Crippen molar-refractivity contribution < 1.29 is 25.2 Å². The second kappa shape index (κ2) is 6.51. The molecule has 0 aliphatic heterocycles. The van der Waals surface area contributed by atoms with Gasteiger partial charge >= 0.3 is 0 Å². The highest BCUT2D eigenvalue weighted by atomic mass is 35.5. The third kappa shape index (κ3) is 4.28. The number of aliphatic hydroxyl groups excluding tert-OH is 4. The summed E-state index contributed by atoms with van der Waals surface area (Å²) in [6.45, 7) is -0.688. The van der Waals surface area contributed by atoms with E-state index in [2.05, 4.69) is 0 Å². The predicted octanol–water partition coefficient (Wildman–Crippen LogP) is -2.32. The van der Waals surface area contributed by atoms with Crippen LogP contribution in [-0.4, -0.2) is 51.6 Å². The van der Waals surface area contributed by atoms with Gasteiger partial charge in [0.15, 0.2) is 6.29 Å². The molecule has 0 aromatic rings. The molecule has 0 rings (SSSR count). The fraction of sp³-hybridized carbons (Fsp3) is 0.800. The van der Waals surface area contributed by atoms with Gasteiger partial charge in [-0.3, -0.25) is 0 Å². The second-order valence-electron chi connectivity index (χ2n) is 1.87. The van der Waals surface area contributed by atoms with Crippen molar-refractivity contribution in [1.29, 1.82) is 0 Å². The zero-order chi connectivity index (χ0) is 8.15. The summed E-state index contributed by atoms with van der Waals surface area (Å²) in [5.41, 5.74) is 0. The fourth-order valence-electron chi connectivity index (χ4n) is 0.416. The fourth-order valence-corrected chi connectivity index (χ4v) is 0.416. The van der Waals surface area contributed by atoms with Crippen LogP contribution >= 0.6 is 12.4 Å². The van der Waals surface area contributed by atoms with Gasteiger partial charge in [-0.2, -0.15) is 0 Å². The normalized spacial score (nSPS) is 17.8. The van der Waals surface area contributed by atoms with E-state index in [9.17, 15) is 4.79 Å². The molecule has 0 unspecified atom stereocenters. The summed E-state index contributed by atoms with van der Waals surface area (Å²) < 4.78 is 0. The third-order valence-electron chi connectivity index (χ3n) is 1.07. The maximum Gasteiger partial charge on any atom is 0.151 e. The van der Waals surface area contributed by atoms with Crippen LogP contribution in [0.4, 0.5) is 0 Å². The Balaban J connectivity index is 0. The lowest BCUT2D eigenvalue weighted by molar-refractivity contribution is -0.127. The number of carbonyl (C=O) groups excluding carboxylic acids is 1. The first kappa shape index (κ1) is 13.4. The van der Waals surface area contributed by atoms with Crippen molar-refractivity contribution in [3.63, 3.8) is 0 Å². The molecule has 0 bridgehead atoms. The largest absolute Gasteiger partial charge is 0.394 e. The molecule has 0 aliphatic rings. The highest BCUT2D eigenvalue weighted by molar-refractivity contribution is 5.85. The Kier molecular flexibility index (Phi) is 7.92. The van der Waals surface area contributed by atoms with Crippen LogP contribution in [0.3, 0.4) is 0 Å². The van der Waals surface area contributed by atoms with E-state index in [0.717, 1.165) is 0 Å². The second-order valence-corrected chi connectivity index (χ2v) is 1.87. The van der Waals surface area contributed by atoms with Crippen molar-refractivity contribution in [3.8, 4) is 0 Å². The van der Waals surface area contributed by atoms with Gasteiger partial charge < -0.3 is 25.2 Å². The van der Waals surface area contributed by atoms with Crippen LogP contribution in [-0.2, 0) is 4.79 Å². The molecule has 0 aliphatic carbocycles. The number of aldehydes is 1. The summed E-state index contributed by atoms with van der Waals surface area (Å²) in [5, 5.41) is 34.1. The first-order valence-corrected chi connectivity index (χ1v) is 2.73. The highest BCUT2D eigenvalue weighted by Crippen LogP contribution is 1.96. The number of carbonyl (C=O) groups is 1. The van der Waals surface area contributed by atoms with Gasteiger partial charge in [0.1, 0.15) is 18.3 Å². The smallest absolute Gasteiger partial charge is 0.151 e. The first-order chi connectivity index (χ1) is 4.63. The molecule has 0 aromatic heterocycles. The quantitative estimate of drug-likeness (QED) is 0.370. The van der Waals surface area contributed by atoms with Gasteiger partial charge in [0.2, 0.25) is 0 Å². The zero-order valence-corrected chi connectivity index (χ0v) is 6.44. The molecule has 0 amide bonds. The average molecular weight is 187 g/mol. The van der Waals surface area contributed by atoms with Gasteiger partial charge in [-0.1, -0.05) is 0 Å². The molecule has 4 N–H and O–H groups in total. The number of aliphatic hydroxyl groups is 4. The number of hydrogen-bond donors (Lipinski definition) is 4. The Labute approximate surface area is 69.7 Å². The molecular weight excluding hydrogens is 176 g/mol. The minimum atomic E-state index is -1.64. The molecule has 68 valence electrons. The van der Waals surface area contributed by atoms with Crippen LogP contribution in [0.2, 0.25) is 0 Å². The monoisotopic (exact) mass is 186 g/mol. The van der Waals surface area contributed by atoms with Crippen LogP contribution < -0.4 is 0 Å². The lowest BCUT2D eigenvalue weighted by Crippen LogP contribution is -2.40. The summed E-state index contributed by atoms with van der Waals surface area (Å²) in [4.78, 5) is 9.76. The van der Waals surface area contributed by atoms with Crippen molar-refractivity contribution in [1.82, 2.24) is 0 Å². The van der Waals surface area contributed by atoms with E-state index in [0.29, 0.717) is 0 Å². The van der Waals surface area contributed by atoms with E-state index in [1.165, 1.54) is 0 Å². The summed E-state index contributed by atoms with van der Waals surface area (Å²) in [6.07, 6.45) is -4.63. The van der Waals surface area contributed by atoms with Crippen LogP contribution in [0.15, 0.2) is 0 Å². The van der Waals surface area contributed by atoms with E-state index in [1.54, 1.807) is 0 Å². The average Bonchev–Trinajstić information content (AvgIpc) is 2.00. The number of halogens is 1. The van der Waals surface area contributed by atoms with Gasteiger partial charge in [0, 0.05) is 0 Å². The molecule has 0 aromatic carbocycles. The van der Waals surface area contributed by atoms with E-state index < -0.39 is 24.9 Å². The van der Waals surface area contributed by atoms with Gasteiger partial charge in [-0.15, -0.1) is 12.4 Å². The lowest BCUT2D eigenvalue weighted by atomic mass is 10.1. The summed E-state index contributed by atoms with van der Waals surface area (Å²) in [6, 6.07) is 0. The molecule has 0 heterocycles. The van der Waals surface area contributed by atoms with Gasteiger partial charge in [-0.05, 0) is 0 Å². The molecular formula is C5H11ClO5. The Morgan fingerprint density at radius 3 is 2.00 bits per heavy atom. The third-order valence-corrected chi connectivity index (χ3v) is 1.07. The first-order valence-electron chi connectivity index (χ1n) is 2.73. The maximum absolute atomic E-state index is 9.76. The molecule has 0 saturated carbocycles. The minimum absolute atomic E-state index is 0. The Bertz CT molecular complexity index is 109. The van der Waals surface area contributed by atoms with E-state index in [1.807, 2.05) is 0 Å². The highest BCUT2D eigenvalue weighted by Gasteiger charge is 2.22. The van der Waals surface area contributed by atoms with E-state index in [4.69, 9.17) is 20.4 Å². The number of rotatable bonds is 4. The predicted molar refractivity (Wildman–Crippen MR) is 38.4 cm³/mol. The summed E-state index contributed by atoms with van der Waals surface area (Å²) in [5.74, 6) is 0. The van der Waals surface area contributed by atoms with Crippen molar-refractivity contribution >= 4 is 18.7 Å². The molecule has 0 saturated heterocycles. The molecule has 0 spiro atoms. The van der Waals surface area contributed by atoms with Gasteiger partial charge in [-0.25, -0.2) is 0 Å². The summed E-state index contributed by atoms with van der Waals surface area (Å²) >= 11 is 0. The standard InChI is InChI=1S/C5H10O5.ClH/c6-1-3(8)5(10)4(9)2-7;/h1,3-5,7-10H,2H2;1H/t3-,4-,5+;/m1./s1. The molecule has 0 radical (unpaired) electrons. The minimum Gasteiger partial charge on any atom is -0.394 e. The molecule has 5 nitrogen and oxygen atoms in total. The molecule has 3 atom stereocenters. The zero-order valence-electron chi connectivity index (χ0n) is 5.62. The van der Waals surface area contributed by atoms with Crippen molar-refractivity contribution in [2.24, 2.45) is 0 Å². The van der Waals surface area contributed by atoms with Crippen LogP contribution in [0.5, 0.6) is 0 Å². The van der Waals surface area contributed by atoms with E-state index in [-0.39, 0.29) is 18.7 Å². The topological polar surface area (TPSA) is 98.0 Å². The Morgan fingerprint density at radius 1 is 1.27 bits per heavy atom. The molecule has 6 heteroatoms.